The van der Waals surface area contributed by atoms with Gasteiger partial charge in [0, 0.05) is 17.7 Å². The number of hydrogen-bond acceptors (Lipinski definition) is 5. The molecule has 20 heavy (non-hydrogen) atoms. The summed E-state index contributed by atoms with van der Waals surface area (Å²) in [6.07, 6.45) is 0. The van der Waals surface area contributed by atoms with Crippen LogP contribution in [0, 0.1) is 20.8 Å². The number of hydrogen-bond donors (Lipinski definition) is 2. The number of amides is 1. The smallest absolute Gasteiger partial charge is 0.239 e. The van der Waals surface area contributed by atoms with Crippen LogP contribution in [0.3, 0.4) is 0 Å². The molecule has 0 aliphatic carbocycles. The molecule has 0 aliphatic rings. The van der Waals surface area contributed by atoms with Crippen molar-refractivity contribution in [3.63, 3.8) is 0 Å². The summed E-state index contributed by atoms with van der Waals surface area (Å²) in [5.74, 6) is 2.66. The number of aryl methyl sites for hydroxylation is 3. The Morgan fingerprint density at radius 2 is 2.05 bits per heavy atom. The molecule has 0 fully saturated rings. The zero-order valence-corrected chi connectivity index (χ0v) is 12.1. The van der Waals surface area contributed by atoms with Crippen molar-refractivity contribution in [1.29, 1.82) is 0 Å². The molecule has 0 saturated heterocycles. The Hall–Kier alpha value is -2.08. The van der Waals surface area contributed by atoms with Gasteiger partial charge in [0.25, 0.3) is 0 Å². The summed E-state index contributed by atoms with van der Waals surface area (Å²) in [5, 5.41) is 9.52. The van der Waals surface area contributed by atoms with Crippen LogP contribution in [-0.2, 0) is 4.79 Å². The summed E-state index contributed by atoms with van der Waals surface area (Å²) in [6.45, 7) is 7.77. The summed E-state index contributed by atoms with van der Waals surface area (Å²) in [7, 11) is 0. The van der Waals surface area contributed by atoms with Crippen LogP contribution in [-0.4, -0.2) is 17.6 Å². The Labute approximate surface area is 117 Å². The molecule has 0 saturated carbocycles. The molecule has 2 heterocycles. The molecule has 0 spiro atoms. The SMILES string of the molecule is Cc1cc(NC(=O)CNC(C)c2cc(C)oc2C)no1. The molecule has 6 nitrogen and oxygen atoms in total. The maximum absolute atomic E-state index is 11.8. The minimum absolute atomic E-state index is 0.0391. The minimum Gasteiger partial charge on any atom is -0.466 e. The quantitative estimate of drug-likeness (QED) is 0.877. The largest absolute Gasteiger partial charge is 0.466 e. The third-order valence-corrected chi connectivity index (χ3v) is 3.01. The van der Waals surface area contributed by atoms with E-state index in [1.54, 1.807) is 13.0 Å². The Kier molecular flexibility index (Phi) is 4.24. The first-order chi connectivity index (χ1) is 9.45. The van der Waals surface area contributed by atoms with Crippen LogP contribution in [0.5, 0.6) is 0 Å². The standard InChI is InChI=1S/C14H19N3O3/c1-8-5-12(11(4)19-8)10(3)15-7-14(18)16-13-6-9(2)20-17-13/h5-6,10,15H,7H2,1-4H3,(H,16,17,18). The molecule has 2 rings (SSSR count). The van der Waals surface area contributed by atoms with Gasteiger partial charge in [0.15, 0.2) is 5.82 Å². The molecular formula is C14H19N3O3. The Bertz CT molecular complexity index is 601. The van der Waals surface area contributed by atoms with Gasteiger partial charge in [-0.3, -0.25) is 4.79 Å². The highest BCUT2D eigenvalue weighted by Gasteiger charge is 2.14. The van der Waals surface area contributed by atoms with E-state index in [1.165, 1.54) is 0 Å². The number of furan rings is 1. The number of carbonyl (C=O) groups excluding carboxylic acids is 1. The van der Waals surface area contributed by atoms with E-state index in [4.69, 9.17) is 8.94 Å². The second-order valence-electron chi connectivity index (χ2n) is 4.84. The first-order valence-electron chi connectivity index (χ1n) is 6.49. The van der Waals surface area contributed by atoms with E-state index in [9.17, 15) is 4.79 Å². The molecule has 0 bridgehead atoms. The van der Waals surface area contributed by atoms with Gasteiger partial charge in [-0.15, -0.1) is 0 Å². The molecule has 1 unspecified atom stereocenters. The number of nitrogens with zero attached hydrogens (tertiary/aromatic N) is 1. The fraction of sp³-hybridized carbons (Fsp3) is 0.429. The van der Waals surface area contributed by atoms with Crippen LogP contribution < -0.4 is 10.6 Å². The van der Waals surface area contributed by atoms with Crippen molar-refractivity contribution < 1.29 is 13.7 Å². The van der Waals surface area contributed by atoms with E-state index in [1.807, 2.05) is 26.8 Å². The van der Waals surface area contributed by atoms with Gasteiger partial charge < -0.3 is 19.6 Å². The van der Waals surface area contributed by atoms with E-state index in [2.05, 4.69) is 15.8 Å². The van der Waals surface area contributed by atoms with Crippen molar-refractivity contribution >= 4 is 11.7 Å². The third-order valence-electron chi connectivity index (χ3n) is 3.01. The predicted molar refractivity (Wildman–Crippen MR) is 74.5 cm³/mol. The second-order valence-corrected chi connectivity index (χ2v) is 4.84. The zero-order chi connectivity index (χ0) is 14.7. The minimum atomic E-state index is -0.164. The molecule has 0 aromatic carbocycles. The Morgan fingerprint density at radius 1 is 1.30 bits per heavy atom. The van der Waals surface area contributed by atoms with Crippen molar-refractivity contribution in [2.45, 2.75) is 33.7 Å². The molecule has 108 valence electrons. The molecule has 2 aromatic heterocycles. The lowest BCUT2D eigenvalue weighted by Crippen LogP contribution is -2.30. The van der Waals surface area contributed by atoms with Gasteiger partial charge in [-0.05, 0) is 33.8 Å². The molecule has 2 N–H and O–H groups in total. The van der Waals surface area contributed by atoms with E-state index >= 15 is 0 Å². The van der Waals surface area contributed by atoms with Crippen LogP contribution in [0.2, 0.25) is 0 Å². The van der Waals surface area contributed by atoms with Crippen LogP contribution in [0.4, 0.5) is 5.82 Å². The van der Waals surface area contributed by atoms with Crippen LogP contribution >= 0.6 is 0 Å². The Balaban J connectivity index is 1.85. The van der Waals surface area contributed by atoms with Gasteiger partial charge in [0.1, 0.15) is 17.3 Å². The first-order valence-corrected chi connectivity index (χ1v) is 6.49. The van der Waals surface area contributed by atoms with Crippen molar-refractivity contribution in [3.8, 4) is 0 Å². The van der Waals surface area contributed by atoms with Gasteiger partial charge in [-0.1, -0.05) is 5.16 Å². The summed E-state index contributed by atoms with van der Waals surface area (Å²) < 4.78 is 10.4. The van der Waals surface area contributed by atoms with Crippen molar-refractivity contribution in [2.24, 2.45) is 0 Å². The summed E-state index contributed by atoms with van der Waals surface area (Å²) >= 11 is 0. The third kappa shape index (κ3) is 3.48. The van der Waals surface area contributed by atoms with E-state index in [0.29, 0.717) is 11.6 Å². The lowest BCUT2D eigenvalue weighted by Gasteiger charge is -2.12. The molecule has 1 amide bonds. The number of aromatic nitrogens is 1. The number of carbonyl (C=O) groups is 1. The van der Waals surface area contributed by atoms with E-state index < -0.39 is 0 Å². The van der Waals surface area contributed by atoms with Gasteiger partial charge in [0.2, 0.25) is 5.91 Å². The number of anilines is 1. The number of nitrogens with one attached hydrogen (secondary N) is 2. The highest BCUT2D eigenvalue weighted by atomic mass is 16.5. The summed E-state index contributed by atoms with van der Waals surface area (Å²) in [6, 6.07) is 3.69. The average molecular weight is 277 g/mol. The fourth-order valence-corrected chi connectivity index (χ4v) is 2.05. The van der Waals surface area contributed by atoms with Gasteiger partial charge in [-0.2, -0.15) is 0 Å². The normalized spacial score (nSPS) is 12.4. The molecule has 2 aromatic rings. The second kappa shape index (κ2) is 5.92. The molecule has 1 atom stereocenters. The first kappa shape index (κ1) is 14.3. The highest BCUT2D eigenvalue weighted by Crippen LogP contribution is 2.20. The fourth-order valence-electron chi connectivity index (χ4n) is 2.05. The lowest BCUT2D eigenvalue weighted by molar-refractivity contribution is -0.115. The topological polar surface area (TPSA) is 80.3 Å². The number of rotatable bonds is 5. The molecule has 6 heteroatoms. The monoisotopic (exact) mass is 277 g/mol. The van der Waals surface area contributed by atoms with E-state index in [0.717, 1.165) is 17.1 Å². The van der Waals surface area contributed by atoms with Gasteiger partial charge in [0.05, 0.1) is 6.54 Å². The maximum atomic E-state index is 11.8. The van der Waals surface area contributed by atoms with Crippen molar-refractivity contribution in [2.75, 3.05) is 11.9 Å². The summed E-state index contributed by atoms with van der Waals surface area (Å²) in [4.78, 5) is 11.8. The van der Waals surface area contributed by atoms with Crippen molar-refractivity contribution in [1.82, 2.24) is 10.5 Å². The van der Waals surface area contributed by atoms with Gasteiger partial charge >= 0.3 is 0 Å². The molecular weight excluding hydrogens is 258 g/mol. The Morgan fingerprint density at radius 3 is 2.60 bits per heavy atom. The summed E-state index contributed by atoms with van der Waals surface area (Å²) in [5.41, 5.74) is 1.06. The van der Waals surface area contributed by atoms with Crippen LogP contribution in [0.1, 0.15) is 35.8 Å². The predicted octanol–water partition coefficient (Wildman–Crippen LogP) is 2.48. The van der Waals surface area contributed by atoms with Crippen LogP contribution in [0.15, 0.2) is 21.1 Å². The van der Waals surface area contributed by atoms with Gasteiger partial charge in [-0.25, -0.2) is 0 Å². The van der Waals surface area contributed by atoms with Crippen molar-refractivity contribution in [3.05, 3.63) is 35.0 Å². The molecule has 0 radical (unpaired) electrons. The molecule has 0 aliphatic heterocycles. The van der Waals surface area contributed by atoms with Crippen LogP contribution in [0.25, 0.3) is 0 Å². The lowest BCUT2D eigenvalue weighted by atomic mass is 10.1. The average Bonchev–Trinajstić information content (AvgIpc) is 2.92. The maximum Gasteiger partial charge on any atom is 0.239 e. The zero-order valence-electron chi connectivity index (χ0n) is 12.1. The highest BCUT2D eigenvalue weighted by molar-refractivity contribution is 5.91. The van der Waals surface area contributed by atoms with E-state index in [-0.39, 0.29) is 18.5 Å².